The minimum Gasteiger partial charge on any atom is -0.495 e. The van der Waals surface area contributed by atoms with Gasteiger partial charge in [-0.15, -0.1) is 0 Å². The first-order valence-electron chi connectivity index (χ1n) is 9.83. The molecule has 0 atom stereocenters. The second-order valence-corrected chi connectivity index (χ2v) is 8.06. The van der Waals surface area contributed by atoms with Crippen molar-refractivity contribution in [2.24, 2.45) is 0 Å². The zero-order valence-corrected chi connectivity index (χ0v) is 16.8. The molecule has 2 saturated carbocycles. The lowest BCUT2D eigenvalue weighted by molar-refractivity contribution is -0.224. The molecule has 0 unspecified atom stereocenters. The van der Waals surface area contributed by atoms with Gasteiger partial charge in [-0.1, -0.05) is 0 Å². The van der Waals surface area contributed by atoms with Gasteiger partial charge in [0, 0.05) is 11.1 Å². The van der Waals surface area contributed by atoms with E-state index in [1.807, 2.05) is 0 Å². The van der Waals surface area contributed by atoms with Crippen molar-refractivity contribution in [2.45, 2.75) is 49.4 Å². The summed E-state index contributed by atoms with van der Waals surface area (Å²) in [5.41, 5.74) is 11.6. The van der Waals surface area contributed by atoms with Gasteiger partial charge in [0.05, 0.1) is 25.6 Å². The zero-order chi connectivity index (χ0) is 21.8. The molecule has 4 N–H and O–H groups in total. The zero-order valence-electron chi connectivity index (χ0n) is 16.8. The number of halogens is 4. The third-order valence-electron chi connectivity index (χ3n) is 5.94. The normalized spacial score (nSPS) is 17.1. The first-order valence-corrected chi connectivity index (χ1v) is 9.83. The van der Waals surface area contributed by atoms with Gasteiger partial charge in [-0.3, -0.25) is 0 Å². The Bertz CT molecular complexity index is 906. The van der Waals surface area contributed by atoms with Gasteiger partial charge in [-0.25, -0.2) is 0 Å². The molecule has 162 valence electrons. The fourth-order valence-corrected chi connectivity index (χ4v) is 3.82. The molecule has 0 spiro atoms. The molecule has 0 radical (unpaired) electrons. The smallest absolute Gasteiger partial charge is 0.339 e. The van der Waals surface area contributed by atoms with E-state index in [1.165, 1.54) is 14.2 Å². The average molecular weight is 424 g/mol. The van der Waals surface area contributed by atoms with Crippen LogP contribution in [0.5, 0.6) is 11.5 Å². The Hall–Kier alpha value is -2.64. The Morgan fingerprint density at radius 3 is 1.30 bits per heavy atom. The summed E-state index contributed by atoms with van der Waals surface area (Å²) in [4.78, 5) is 0. The third-order valence-corrected chi connectivity index (χ3v) is 5.94. The van der Waals surface area contributed by atoms with Crippen LogP contribution >= 0.6 is 0 Å². The molecule has 2 aliphatic carbocycles. The Morgan fingerprint density at radius 2 is 1.03 bits per heavy atom. The van der Waals surface area contributed by atoms with Crippen LogP contribution in [0.1, 0.15) is 59.8 Å². The van der Waals surface area contributed by atoms with Crippen molar-refractivity contribution >= 4 is 11.4 Å². The van der Waals surface area contributed by atoms with Crippen LogP contribution in [-0.4, -0.2) is 14.2 Å². The van der Waals surface area contributed by atoms with Gasteiger partial charge in [-0.05, 0) is 72.9 Å². The average Bonchev–Trinajstić information content (AvgIpc) is 3.61. The van der Waals surface area contributed by atoms with Gasteiger partial charge in [0.25, 0.3) is 0 Å². The standard InChI is InChI=1S/C22H24F4N2O2/c1-29-17-9-13(7-15(19(17)27)11-3-4-11)21(23,24)22(25,26)14-8-16(12-5-6-12)20(28)18(10-14)30-2/h7-12H,3-6,27-28H2,1-2H3. The highest BCUT2D eigenvalue weighted by molar-refractivity contribution is 5.65. The minimum atomic E-state index is -4.50. The van der Waals surface area contributed by atoms with Crippen LogP contribution < -0.4 is 20.9 Å². The molecule has 2 fully saturated rings. The van der Waals surface area contributed by atoms with Crippen LogP contribution in [0.2, 0.25) is 0 Å². The summed E-state index contributed by atoms with van der Waals surface area (Å²) in [5, 5.41) is 0. The monoisotopic (exact) mass is 424 g/mol. The highest BCUT2D eigenvalue weighted by Gasteiger charge is 2.59. The van der Waals surface area contributed by atoms with Gasteiger partial charge >= 0.3 is 11.8 Å². The first-order chi connectivity index (χ1) is 14.1. The molecule has 0 saturated heterocycles. The van der Waals surface area contributed by atoms with Crippen LogP contribution in [0.3, 0.4) is 0 Å². The number of hydrogen-bond acceptors (Lipinski definition) is 4. The first kappa shape index (κ1) is 20.6. The molecule has 0 amide bonds. The number of alkyl halides is 4. The van der Waals surface area contributed by atoms with Crippen molar-refractivity contribution in [1.29, 1.82) is 0 Å². The molecular formula is C22H24F4N2O2. The largest absolute Gasteiger partial charge is 0.495 e. The van der Waals surface area contributed by atoms with Gasteiger partial charge in [0.15, 0.2) is 0 Å². The summed E-state index contributed by atoms with van der Waals surface area (Å²) in [7, 11) is 2.55. The highest BCUT2D eigenvalue weighted by Crippen LogP contribution is 2.55. The SMILES string of the molecule is COc1cc(C(F)(F)C(F)(F)c2cc(OC)c(N)c(C3CC3)c2)cc(C2CC2)c1N. The number of nitrogens with two attached hydrogens (primary N) is 2. The molecule has 4 nitrogen and oxygen atoms in total. The van der Waals surface area contributed by atoms with Crippen LogP contribution in [0.4, 0.5) is 28.9 Å². The molecule has 0 bridgehead atoms. The van der Waals surface area contributed by atoms with Gasteiger partial charge in [-0.2, -0.15) is 17.6 Å². The Labute approximate surface area is 172 Å². The maximum absolute atomic E-state index is 15.3. The van der Waals surface area contributed by atoms with Crippen LogP contribution in [0.25, 0.3) is 0 Å². The van der Waals surface area contributed by atoms with Gasteiger partial charge in [0.1, 0.15) is 11.5 Å². The Kier molecular flexibility index (Phi) is 4.78. The number of benzene rings is 2. The second-order valence-electron chi connectivity index (χ2n) is 8.06. The van der Waals surface area contributed by atoms with Crippen molar-refractivity contribution in [3.8, 4) is 11.5 Å². The topological polar surface area (TPSA) is 70.5 Å². The number of hydrogen-bond donors (Lipinski definition) is 2. The second kappa shape index (κ2) is 6.96. The van der Waals surface area contributed by atoms with Gasteiger partial charge < -0.3 is 20.9 Å². The third kappa shape index (κ3) is 3.22. The van der Waals surface area contributed by atoms with E-state index in [-0.39, 0.29) is 34.7 Å². The molecule has 2 aromatic rings. The number of ether oxygens (including phenoxy) is 2. The van der Waals surface area contributed by atoms with Crippen molar-refractivity contribution in [3.63, 3.8) is 0 Å². The van der Waals surface area contributed by atoms with E-state index in [0.29, 0.717) is 11.1 Å². The predicted molar refractivity (Wildman–Crippen MR) is 107 cm³/mol. The number of anilines is 2. The predicted octanol–water partition coefficient (Wildman–Crippen LogP) is 5.51. The van der Waals surface area contributed by atoms with Crippen molar-refractivity contribution < 1.29 is 27.0 Å². The molecule has 4 rings (SSSR count). The maximum atomic E-state index is 15.3. The van der Waals surface area contributed by atoms with E-state index in [2.05, 4.69) is 0 Å². The summed E-state index contributed by atoms with van der Waals surface area (Å²) < 4.78 is 71.4. The van der Waals surface area contributed by atoms with Crippen molar-refractivity contribution in [2.75, 3.05) is 25.7 Å². The van der Waals surface area contributed by atoms with Gasteiger partial charge in [0.2, 0.25) is 0 Å². The van der Waals surface area contributed by atoms with E-state index in [0.717, 1.165) is 49.9 Å². The number of rotatable bonds is 7. The molecule has 30 heavy (non-hydrogen) atoms. The van der Waals surface area contributed by atoms with Crippen LogP contribution in [-0.2, 0) is 11.8 Å². The van der Waals surface area contributed by atoms with Crippen LogP contribution in [0.15, 0.2) is 24.3 Å². The minimum absolute atomic E-state index is 0.0126. The molecule has 0 aromatic heterocycles. The number of methoxy groups -OCH3 is 2. The molecule has 2 aromatic carbocycles. The lowest BCUT2D eigenvalue weighted by atomic mass is 9.91. The fraction of sp³-hybridized carbons (Fsp3) is 0.455. The summed E-state index contributed by atoms with van der Waals surface area (Å²) in [6, 6.07) is 3.95. The highest BCUT2D eigenvalue weighted by atomic mass is 19.3. The molecule has 2 aliphatic rings. The quantitative estimate of drug-likeness (QED) is 0.454. The molecule has 8 heteroatoms. The fourth-order valence-electron chi connectivity index (χ4n) is 3.82. The number of nitrogen functional groups attached to an aromatic ring is 2. The maximum Gasteiger partial charge on any atom is 0.339 e. The van der Waals surface area contributed by atoms with E-state index in [1.54, 1.807) is 0 Å². The van der Waals surface area contributed by atoms with Crippen molar-refractivity contribution in [3.05, 3.63) is 46.5 Å². The Morgan fingerprint density at radius 1 is 0.700 bits per heavy atom. The van der Waals surface area contributed by atoms with E-state index in [4.69, 9.17) is 20.9 Å². The molecule has 0 aliphatic heterocycles. The summed E-state index contributed by atoms with van der Waals surface area (Å²) in [6.45, 7) is 0. The summed E-state index contributed by atoms with van der Waals surface area (Å²) >= 11 is 0. The van der Waals surface area contributed by atoms with E-state index < -0.39 is 23.0 Å². The van der Waals surface area contributed by atoms with Crippen molar-refractivity contribution in [1.82, 2.24) is 0 Å². The molecular weight excluding hydrogens is 400 g/mol. The van der Waals surface area contributed by atoms with E-state index in [9.17, 15) is 0 Å². The Balaban J connectivity index is 1.82. The van der Waals surface area contributed by atoms with Crippen LogP contribution in [0, 0.1) is 0 Å². The lowest BCUT2D eigenvalue weighted by Gasteiger charge is -2.29. The summed E-state index contributed by atoms with van der Waals surface area (Å²) in [6.07, 6.45) is 3.11. The molecule has 0 heterocycles. The summed E-state index contributed by atoms with van der Waals surface area (Å²) in [5.74, 6) is -9.08. The lowest BCUT2D eigenvalue weighted by Crippen LogP contribution is -2.36. The van der Waals surface area contributed by atoms with E-state index >= 15 is 17.6 Å².